The minimum Gasteiger partial charge on any atom is -0.317 e. The molecular weight excluding hydrogens is 190 g/mol. The summed E-state index contributed by atoms with van der Waals surface area (Å²) in [6.07, 6.45) is 2.66. The summed E-state index contributed by atoms with van der Waals surface area (Å²) in [5, 5.41) is 11.5. The Morgan fingerprint density at radius 3 is 3.07 bits per heavy atom. The van der Waals surface area contributed by atoms with Gasteiger partial charge in [-0.1, -0.05) is 6.92 Å². The first kappa shape index (κ1) is 10.0. The molecule has 0 saturated carbocycles. The SMILES string of the molecule is CCNCCc1nnc2cc(C)ncn12. The number of fused-ring (bicyclic) bond motifs is 1. The van der Waals surface area contributed by atoms with E-state index in [0.717, 1.165) is 36.7 Å². The lowest BCUT2D eigenvalue weighted by atomic mass is 10.4. The standard InChI is InChI=1S/C10H15N5/c1-3-11-5-4-9-13-14-10-6-8(2)12-7-15(9)10/h6-7,11H,3-5H2,1-2H3. The van der Waals surface area contributed by atoms with Crippen molar-refractivity contribution in [2.45, 2.75) is 20.3 Å². The lowest BCUT2D eigenvalue weighted by Gasteiger charge is -2.00. The number of aryl methyl sites for hydroxylation is 1. The van der Waals surface area contributed by atoms with Crippen molar-refractivity contribution >= 4 is 5.65 Å². The molecule has 2 rings (SSSR count). The fourth-order valence-corrected chi connectivity index (χ4v) is 1.48. The molecule has 0 saturated heterocycles. The molecule has 0 aliphatic rings. The van der Waals surface area contributed by atoms with E-state index in [4.69, 9.17) is 0 Å². The van der Waals surface area contributed by atoms with Gasteiger partial charge in [0, 0.05) is 24.7 Å². The van der Waals surface area contributed by atoms with Crippen LogP contribution in [0.5, 0.6) is 0 Å². The summed E-state index contributed by atoms with van der Waals surface area (Å²) in [7, 11) is 0. The topological polar surface area (TPSA) is 55.1 Å². The van der Waals surface area contributed by atoms with Crippen LogP contribution in [0.25, 0.3) is 5.65 Å². The normalized spacial score (nSPS) is 11.1. The van der Waals surface area contributed by atoms with Crippen LogP contribution < -0.4 is 5.32 Å². The number of nitrogens with one attached hydrogen (secondary N) is 1. The highest BCUT2D eigenvalue weighted by molar-refractivity contribution is 5.37. The van der Waals surface area contributed by atoms with Gasteiger partial charge in [-0.05, 0) is 13.5 Å². The van der Waals surface area contributed by atoms with E-state index in [1.54, 1.807) is 6.33 Å². The van der Waals surface area contributed by atoms with Crippen LogP contribution in [0, 0.1) is 6.92 Å². The number of hydrogen-bond acceptors (Lipinski definition) is 4. The minimum atomic E-state index is 0.869. The molecule has 15 heavy (non-hydrogen) atoms. The average molecular weight is 205 g/mol. The monoisotopic (exact) mass is 205 g/mol. The number of hydrogen-bond donors (Lipinski definition) is 1. The van der Waals surface area contributed by atoms with E-state index in [-0.39, 0.29) is 0 Å². The van der Waals surface area contributed by atoms with Crippen molar-refractivity contribution in [1.82, 2.24) is 24.9 Å². The predicted molar refractivity (Wildman–Crippen MR) is 57.8 cm³/mol. The highest BCUT2D eigenvalue weighted by atomic mass is 15.3. The van der Waals surface area contributed by atoms with Crippen molar-refractivity contribution in [1.29, 1.82) is 0 Å². The van der Waals surface area contributed by atoms with Crippen molar-refractivity contribution in [2.24, 2.45) is 0 Å². The Kier molecular flexibility index (Phi) is 2.91. The van der Waals surface area contributed by atoms with E-state index in [9.17, 15) is 0 Å². The predicted octanol–water partition coefficient (Wildman–Crippen LogP) is 0.585. The van der Waals surface area contributed by atoms with E-state index in [0.29, 0.717) is 0 Å². The number of aromatic nitrogens is 4. The second-order valence-corrected chi connectivity index (χ2v) is 3.48. The summed E-state index contributed by atoms with van der Waals surface area (Å²) in [6.45, 7) is 5.94. The molecular formula is C10H15N5. The molecule has 0 radical (unpaired) electrons. The summed E-state index contributed by atoms with van der Waals surface area (Å²) in [5.41, 5.74) is 1.84. The number of likely N-dealkylation sites (N-methyl/N-ethyl adjacent to an activating group) is 1. The summed E-state index contributed by atoms with van der Waals surface area (Å²) >= 11 is 0. The van der Waals surface area contributed by atoms with Crippen LogP contribution in [0.15, 0.2) is 12.4 Å². The molecule has 0 unspecified atom stereocenters. The first-order valence-corrected chi connectivity index (χ1v) is 5.18. The maximum Gasteiger partial charge on any atom is 0.163 e. The molecule has 5 nitrogen and oxygen atoms in total. The van der Waals surface area contributed by atoms with Gasteiger partial charge in [0.15, 0.2) is 5.65 Å². The highest BCUT2D eigenvalue weighted by Gasteiger charge is 2.04. The summed E-state index contributed by atoms with van der Waals surface area (Å²) in [4.78, 5) is 4.23. The van der Waals surface area contributed by atoms with Gasteiger partial charge < -0.3 is 5.32 Å². The van der Waals surface area contributed by atoms with Gasteiger partial charge in [0.05, 0.1) is 0 Å². The molecule has 80 valence electrons. The van der Waals surface area contributed by atoms with Crippen LogP contribution in [0.4, 0.5) is 0 Å². The van der Waals surface area contributed by atoms with Crippen molar-refractivity contribution in [2.75, 3.05) is 13.1 Å². The molecule has 2 heterocycles. The van der Waals surface area contributed by atoms with Gasteiger partial charge in [0.2, 0.25) is 0 Å². The van der Waals surface area contributed by atoms with E-state index in [1.807, 2.05) is 17.4 Å². The third-order valence-electron chi connectivity index (χ3n) is 2.28. The van der Waals surface area contributed by atoms with Crippen LogP contribution in [0.2, 0.25) is 0 Å². The lowest BCUT2D eigenvalue weighted by molar-refractivity contribution is 0.690. The van der Waals surface area contributed by atoms with Gasteiger partial charge in [-0.3, -0.25) is 4.40 Å². The van der Waals surface area contributed by atoms with Crippen molar-refractivity contribution < 1.29 is 0 Å². The Morgan fingerprint density at radius 2 is 2.27 bits per heavy atom. The Morgan fingerprint density at radius 1 is 1.40 bits per heavy atom. The molecule has 0 aromatic carbocycles. The largest absolute Gasteiger partial charge is 0.317 e. The van der Waals surface area contributed by atoms with E-state index >= 15 is 0 Å². The first-order chi connectivity index (χ1) is 7.31. The maximum atomic E-state index is 4.23. The molecule has 0 bridgehead atoms. The third-order valence-corrected chi connectivity index (χ3v) is 2.28. The molecule has 5 heteroatoms. The van der Waals surface area contributed by atoms with E-state index in [2.05, 4.69) is 27.4 Å². The molecule has 0 aliphatic carbocycles. The molecule has 2 aromatic rings. The zero-order chi connectivity index (χ0) is 10.7. The second kappa shape index (κ2) is 4.35. The van der Waals surface area contributed by atoms with Gasteiger partial charge in [-0.25, -0.2) is 4.98 Å². The smallest absolute Gasteiger partial charge is 0.163 e. The number of rotatable bonds is 4. The zero-order valence-corrected chi connectivity index (χ0v) is 9.06. The van der Waals surface area contributed by atoms with Crippen LogP contribution in [0.3, 0.4) is 0 Å². The quantitative estimate of drug-likeness (QED) is 0.742. The van der Waals surface area contributed by atoms with Gasteiger partial charge in [-0.15, -0.1) is 10.2 Å². The zero-order valence-electron chi connectivity index (χ0n) is 9.06. The second-order valence-electron chi connectivity index (χ2n) is 3.48. The molecule has 0 fully saturated rings. The molecule has 0 amide bonds. The van der Waals surface area contributed by atoms with Crippen LogP contribution in [0.1, 0.15) is 18.4 Å². The van der Waals surface area contributed by atoms with Crippen molar-refractivity contribution in [3.05, 3.63) is 23.9 Å². The van der Waals surface area contributed by atoms with Gasteiger partial charge in [0.25, 0.3) is 0 Å². The fourth-order valence-electron chi connectivity index (χ4n) is 1.48. The van der Waals surface area contributed by atoms with Crippen LogP contribution in [-0.4, -0.2) is 32.7 Å². The highest BCUT2D eigenvalue weighted by Crippen LogP contribution is 2.03. The van der Waals surface area contributed by atoms with Crippen molar-refractivity contribution in [3.63, 3.8) is 0 Å². The van der Waals surface area contributed by atoms with E-state index < -0.39 is 0 Å². The Balaban J connectivity index is 2.21. The Bertz CT molecular complexity index is 448. The molecule has 2 aromatic heterocycles. The van der Waals surface area contributed by atoms with Crippen LogP contribution >= 0.6 is 0 Å². The first-order valence-electron chi connectivity index (χ1n) is 5.18. The minimum absolute atomic E-state index is 0.869. The molecule has 1 N–H and O–H groups in total. The summed E-state index contributed by atoms with van der Waals surface area (Å²) in [6, 6.07) is 1.93. The Hall–Kier alpha value is -1.49. The van der Waals surface area contributed by atoms with Gasteiger partial charge >= 0.3 is 0 Å². The van der Waals surface area contributed by atoms with Crippen LogP contribution in [-0.2, 0) is 6.42 Å². The Labute approximate surface area is 88.6 Å². The average Bonchev–Trinajstić information content (AvgIpc) is 2.61. The summed E-state index contributed by atoms with van der Waals surface area (Å²) in [5.74, 6) is 0.957. The number of nitrogens with zero attached hydrogens (tertiary/aromatic N) is 4. The molecule has 0 spiro atoms. The van der Waals surface area contributed by atoms with Gasteiger partial charge in [-0.2, -0.15) is 0 Å². The fraction of sp³-hybridized carbons (Fsp3) is 0.500. The maximum absolute atomic E-state index is 4.23. The lowest BCUT2D eigenvalue weighted by Crippen LogP contribution is -2.17. The summed E-state index contributed by atoms with van der Waals surface area (Å²) < 4.78 is 1.93. The van der Waals surface area contributed by atoms with Crippen molar-refractivity contribution in [3.8, 4) is 0 Å². The molecule has 0 atom stereocenters. The van der Waals surface area contributed by atoms with Gasteiger partial charge in [0.1, 0.15) is 12.2 Å². The van der Waals surface area contributed by atoms with E-state index in [1.165, 1.54) is 0 Å². The molecule has 0 aliphatic heterocycles. The third kappa shape index (κ3) is 2.12.